The van der Waals surface area contributed by atoms with Gasteiger partial charge in [0.2, 0.25) is 11.6 Å². The normalized spacial score (nSPS) is 11.8. The number of Topliss-reactive ketones (excluding diaryl/α,β-unsaturated/α-hetero) is 1. The number of alkyl halides is 3. The van der Waals surface area contributed by atoms with Crippen LogP contribution in [0.3, 0.4) is 0 Å². The van der Waals surface area contributed by atoms with E-state index in [-0.39, 0.29) is 0 Å². The van der Waals surface area contributed by atoms with Crippen LogP contribution in [0.15, 0.2) is 0 Å². The van der Waals surface area contributed by atoms with E-state index in [1.165, 1.54) is 0 Å². The molecular weight excluding hydrogens is 276 g/mol. The number of hydrogen-bond donors (Lipinski definition) is 0. The first-order chi connectivity index (χ1) is 8.07. The van der Waals surface area contributed by atoms with Crippen LogP contribution in [0.25, 0.3) is 0 Å². The Morgan fingerprint density at radius 3 is 1.44 bits per heavy atom. The van der Waals surface area contributed by atoms with Gasteiger partial charge in [-0.1, -0.05) is 0 Å². The van der Waals surface area contributed by atoms with Gasteiger partial charge >= 0.3 is 6.18 Å². The van der Waals surface area contributed by atoms with Crippen LogP contribution in [0.4, 0.5) is 35.1 Å². The fourth-order valence-electron chi connectivity index (χ4n) is 1.07. The predicted octanol–water partition coefficient (Wildman–Crippen LogP) is 3.06. The Bertz CT molecular complexity index is 475. The maximum absolute atomic E-state index is 12.9. The first-order valence-electron chi connectivity index (χ1n) is 4.17. The zero-order chi connectivity index (χ0) is 14.2. The number of benzene rings is 1. The fraction of sp³-hybridized carbons (Fsp3) is 0.222. The molecule has 0 aliphatic carbocycles. The molecule has 18 heavy (non-hydrogen) atoms. The average molecular weight is 278 g/mol. The molecule has 0 bridgehead atoms. The lowest BCUT2D eigenvalue weighted by Crippen LogP contribution is -2.26. The molecule has 1 rings (SSSR count). The minimum absolute atomic E-state index is 1.81. The third-order valence-corrected chi connectivity index (χ3v) is 1.95. The van der Waals surface area contributed by atoms with Crippen molar-refractivity contribution in [3.05, 3.63) is 34.6 Å². The summed E-state index contributed by atoms with van der Waals surface area (Å²) in [4.78, 5) is 10.4. The Morgan fingerprint density at radius 1 is 0.778 bits per heavy atom. The third-order valence-electron chi connectivity index (χ3n) is 1.95. The van der Waals surface area contributed by atoms with Gasteiger partial charge in [0.1, 0.15) is 0 Å². The minimum atomic E-state index is -5.43. The maximum atomic E-state index is 12.9. The molecule has 1 aromatic rings. The van der Waals surface area contributed by atoms with E-state index in [2.05, 4.69) is 0 Å². The van der Waals surface area contributed by atoms with Crippen LogP contribution in [0.5, 0.6) is 0 Å². The molecule has 100 valence electrons. The summed E-state index contributed by atoms with van der Waals surface area (Å²) in [6.07, 6.45) is -7.39. The van der Waals surface area contributed by atoms with Gasteiger partial charge in [-0.2, -0.15) is 13.2 Å². The van der Waals surface area contributed by atoms with Gasteiger partial charge in [-0.25, -0.2) is 22.0 Å². The zero-order valence-electron chi connectivity index (χ0n) is 8.14. The van der Waals surface area contributed by atoms with Crippen LogP contribution >= 0.6 is 0 Å². The molecule has 0 saturated carbocycles. The molecule has 0 amide bonds. The van der Waals surface area contributed by atoms with Crippen molar-refractivity contribution in [1.29, 1.82) is 0 Å². The molecule has 0 spiro atoms. The molecule has 0 aliphatic rings. The highest BCUT2D eigenvalue weighted by Gasteiger charge is 2.40. The van der Waals surface area contributed by atoms with E-state index in [1.807, 2.05) is 0 Å². The molecule has 9 heteroatoms. The number of hydrogen-bond acceptors (Lipinski definition) is 1. The van der Waals surface area contributed by atoms with Crippen molar-refractivity contribution < 1.29 is 39.9 Å². The van der Waals surface area contributed by atoms with Crippen LogP contribution in [-0.2, 0) is 11.2 Å². The molecular formula is C9H2F8O. The first-order valence-corrected chi connectivity index (χ1v) is 4.17. The van der Waals surface area contributed by atoms with E-state index in [0.29, 0.717) is 0 Å². The second kappa shape index (κ2) is 4.54. The van der Waals surface area contributed by atoms with E-state index in [9.17, 15) is 39.9 Å². The Labute approximate surface area is 94.0 Å². The van der Waals surface area contributed by atoms with Crippen molar-refractivity contribution in [3.63, 3.8) is 0 Å². The number of carbonyl (C=O) groups excluding carboxylic acids is 1. The molecule has 0 aliphatic heterocycles. The highest BCUT2D eigenvalue weighted by Crippen LogP contribution is 2.26. The van der Waals surface area contributed by atoms with E-state index >= 15 is 0 Å². The largest absolute Gasteiger partial charge is 0.450 e. The van der Waals surface area contributed by atoms with Crippen molar-refractivity contribution in [1.82, 2.24) is 0 Å². The maximum Gasteiger partial charge on any atom is 0.450 e. The number of carbonyl (C=O) groups is 1. The summed E-state index contributed by atoms with van der Waals surface area (Å²) in [5, 5.41) is 0. The lowest BCUT2D eigenvalue weighted by molar-refractivity contribution is -0.170. The lowest BCUT2D eigenvalue weighted by atomic mass is 10.1. The minimum Gasteiger partial charge on any atom is -0.289 e. The summed E-state index contributed by atoms with van der Waals surface area (Å²) < 4.78 is 99.0. The molecule has 0 saturated heterocycles. The van der Waals surface area contributed by atoms with E-state index in [4.69, 9.17) is 0 Å². The molecule has 0 radical (unpaired) electrons. The Hall–Kier alpha value is -1.67. The summed E-state index contributed by atoms with van der Waals surface area (Å²) in [5.74, 6) is -14.8. The van der Waals surface area contributed by atoms with Gasteiger partial charge in [-0.3, -0.25) is 4.79 Å². The van der Waals surface area contributed by atoms with E-state index in [1.54, 1.807) is 0 Å². The highest BCUT2D eigenvalue weighted by atomic mass is 19.4. The quantitative estimate of drug-likeness (QED) is 0.461. The molecule has 0 fully saturated rings. The summed E-state index contributed by atoms with van der Waals surface area (Å²) >= 11 is 0. The fourth-order valence-corrected chi connectivity index (χ4v) is 1.07. The molecule has 0 heterocycles. The predicted molar refractivity (Wildman–Crippen MR) is 41.0 cm³/mol. The van der Waals surface area contributed by atoms with Crippen LogP contribution < -0.4 is 0 Å². The standard InChI is InChI=1S/C9H2F8O/c10-4-2(1-3(18)9(15,16)17)5(11)7(13)8(14)6(4)12/h1H2. The summed E-state index contributed by atoms with van der Waals surface area (Å²) in [5.41, 5.74) is -1.81. The van der Waals surface area contributed by atoms with E-state index < -0.39 is 53.0 Å². The molecule has 1 aromatic carbocycles. The monoisotopic (exact) mass is 278 g/mol. The zero-order valence-corrected chi connectivity index (χ0v) is 8.14. The number of ketones is 1. The lowest BCUT2D eigenvalue weighted by Gasteiger charge is -2.09. The summed E-state index contributed by atoms with van der Waals surface area (Å²) in [7, 11) is 0. The number of rotatable bonds is 2. The van der Waals surface area contributed by atoms with Crippen LogP contribution in [0, 0.1) is 29.1 Å². The van der Waals surface area contributed by atoms with Crippen LogP contribution in [0.1, 0.15) is 5.56 Å². The second-order valence-corrected chi connectivity index (χ2v) is 3.15. The smallest absolute Gasteiger partial charge is 0.289 e. The van der Waals surface area contributed by atoms with Crippen molar-refractivity contribution in [2.75, 3.05) is 0 Å². The van der Waals surface area contributed by atoms with Crippen molar-refractivity contribution >= 4 is 5.78 Å². The van der Waals surface area contributed by atoms with Crippen LogP contribution in [0.2, 0.25) is 0 Å². The van der Waals surface area contributed by atoms with Gasteiger partial charge in [0.05, 0.1) is 0 Å². The molecule has 0 unspecified atom stereocenters. The van der Waals surface area contributed by atoms with Gasteiger partial charge < -0.3 is 0 Å². The highest BCUT2D eigenvalue weighted by molar-refractivity contribution is 5.86. The Kier molecular flexibility index (Phi) is 3.63. The van der Waals surface area contributed by atoms with Gasteiger partial charge in [-0.15, -0.1) is 0 Å². The molecule has 0 N–H and O–H groups in total. The molecule has 0 atom stereocenters. The Balaban J connectivity index is 3.31. The topological polar surface area (TPSA) is 17.1 Å². The van der Waals surface area contributed by atoms with Crippen molar-refractivity contribution in [3.8, 4) is 0 Å². The summed E-state index contributed by atoms with van der Waals surface area (Å²) in [6.45, 7) is 0. The van der Waals surface area contributed by atoms with Crippen molar-refractivity contribution in [2.24, 2.45) is 0 Å². The summed E-state index contributed by atoms with van der Waals surface area (Å²) in [6, 6.07) is 0. The second-order valence-electron chi connectivity index (χ2n) is 3.15. The van der Waals surface area contributed by atoms with Gasteiger partial charge in [0, 0.05) is 12.0 Å². The van der Waals surface area contributed by atoms with Gasteiger partial charge in [0.25, 0.3) is 0 Å². The molecule has 1 nitrogen and oxygen atoms in total. The third kappa shape index (κ3) is 2.44. The average Bonchev–Trinajstić information content (AvgIpc) is 2.28. The molecule has 0 aromatic heterocycles. The Morgan fingerprint density at radius 2 is 1.11 bits per heavy atom. The van der Waals surface area contributed by atoms with Gasteiger partial charge in [-0.05, 0) is 0 Å². The first kappa shape index (κ1) is 14.4. The van der Waals surface area contributed by atoms with Crippen LogP contribution in [-0.4, -0.2) is 12.0 Å². The number of halogens is 8. The van der Waals surface area contributed by atoms with Crippen molar-refractivity contribution in [2.45, 2.75) is 12.6 Å². The SMILES string of the molecule is O=C(Cc1c(F)c(F)c(F)c(F)c1F)C(F)(F)F. The van der Waals surface area contributed by atoms with Gasteiger partial charge in [0.15, 0.2) is 23.3 Å². The van der Waals surface area contributed by atoms with E-state index in [0.717, 1.165) is 0 Å².